The number of carbonyl (C=O) groups excluding carboxylic acids is 1. The number of hydrogen-bond acceptors (Lipinski definition) is 7. The molecule has 1 rings (SSSR count). The van der Waals surface area contributed by atoms with Gasteiger partial charge in [0, 0.05) is 11.5 Å². The Labute approximate surface area is 163 Å². The lowest BCUT2D eigenvalue weighted by molar-refractivity contribution is -0.162. The maximum atomic E-state index is 12.3. The first-order chi connectivity index (χ1) is 12.9. The number of carboxylic acids is 1. The van der Waals surface area contributed by atoms with E-state index >= 15 is 0 Å². The van der Waals surface area contributed by atoms with Crippen molar-refractivity contribution in [1.29, 1.82) is 0 Å². The molecule has 6 atom stereocenters. The Hall–Kier alpha value is -2.26. The summed E-state index contributed by atoms with van der Waals surface area (Å²) in [5, 5.41) is 48.4. The molecule has 0 aliphatic heterocycles. The lowest BCUT2D eigenvalue weighted by Crippen LogP contribution is -2.54. The molecule has 5 N–H and O–H groups in total. The van der Waals surface area contributed by atoms with Gasteiger partial charge in [-0.1, -0.05) is 32.7 Å². The van der Waals surface area contributed by atoms with Crippen molar-refractivity contribution >= 4 is 11.9 Å². The van der Waals surface area contributed by atoms with Crippen LogP contribution in [0, 0.1) is 17.3 Å². The molecule has 1 fully saturated rings. The molecule has 0 aromatic rings. The number of allylic oxidation sites excluding steroid dienone is 1. The van der Waals surface area contributed by atoms with Gasteiger partial charge in [0.2, 0.25) is 0 Å². The summed E-state index contributed by atoms with van der Waals surface area (Å²) in [4.78, 5) is 23.8. The van der Waals surface area contributed by atoms with Gasteiger partial charge < -0.3 is 30.3 Å². The Morgan fingerprint density at radius 3 is 2.29 bits per heavy atom. The molecule has 0 amide bonds. The van der Waals surface area contributed by atoms with Crippen molar-refractivity contribution in [2.24, 2.45) is 17.3 Å². The van der Waals surface area contributed by atoms with E-state index in [1.54, 1.807) is 6.92 Å². The molecule has 1 aliphatic carbocycles. The molecule has 0 heterocycles. The second-order valence-corrected chi connectivity index (χ2v) is 7.22. The van der Waals surface area contributed by atoms with Gasteiger partial charge in [0.1, 0.15) is 12.2 Å². The summed E-state index contributed by atoms with van der Waals surface area (Å²) in [5.74, 6) is -4.36. The first-order valence-corrected chi connectivity index (χ1v) is 8.66. The minimum Gasteiger partial charge on any atom is -0.478 e. The Morgan fingerprint density at radius 1 is 1.29 bits per heavy atom. The number of esters is 1. The average Bonchev–Trinajstić information content (AvgIpc) is 2.65. The molecular weight excluding hydrogens is 368 g/mol. The van der Waals surface area contributed by atoms with Crippen LogP contribution in [0.2, 0.25) is 0 Å². The number of rotatable bonds is 9. The first-order valence-electron chi connectivity index (χ1n) is 8.66. The molecular formula is C20H28O8. The highest BCUT2D eigenvalue weighted by atomic mass is 16.5. The first kappa shape index (κ1) is 23.8. The van der Waals surface area contributed by atoms with Crippen LogP contribution in [0.4, 0.5) is 0 Å². The quantitative estimate of drug-likeness (QED) is 0.211. The van der Waals surface area contributed by atoms with Gasteiger partial charge in [0.05, 0.1) is 30.8 Å². The predicted octanol–water partition coefficient (Wildman–Crippen LogP) is 0.186. The number of ether oxygens (including phenoxy) is 1. The Morgan fingerprint density at radius 2 is 1.86 bits per heavy atom. The zero-order valence-electron chi connectivity index (χ0n) is 15.9. The fourth-order valence-electron chi connectivity index (χ4n) is 3.67. The largest absolute Gasteiger partial charge is 0.478 e. The Balaban J connectivity index is 3.35. The lowest BCUT2D eigenvalue weighted by Gasteiger charge is -2.50. The molecule has 0 unspecified atom stereocenters. The van der Waals surface area contributed by atoms with Crippen molar-refractivity contribution in [3.05, 3.63) is 49.1 Å². The highest BCUT2D eigenvalue weighted by Crippen LogP contribution is 2.50. The van der Waals surface area contributed by atoms with E-state index in [-0.39, 0.29) is 17.6 Å². The molecule has 0 radical (unpaired) electrons. The van der Waals surface area contributed by atoms with Crippen LogP contribution in [-0.2, 0) is 14.3 Å². The van der Waals surface area contributed by atoms with Crippen molar-refractivity contribution in [3.8, 4) is 0 Å². The molecule has 0 aromatic heterocycles. The number of hydrogen-bond donors (Lipinski definition) is 5. The standard InChI is InChI=1S/C20H28O8/c1-6-20(5)7-14(28-19(27)11(3)13(23)9-22)15(12(4)18(25)26)17(24)16(20)10(2)8-21/h6,13-17,21-24H,1-4,7-9H2,5H3,(H,25,26)/t13-,14+,15+,16-,17+,20-/m1/s1. The molecule has 8 heteroatoms. The maximum absolute atomic E-state index is 12.3. The van der Waals surface area contributed by atoms with Crippen molar-refractivity contribution in [1.82, 2.24) is 0 Å². The number of carbonyl (C=O) groups is 2. The topological polar surface area (TPSA) is 145 Å². The predicted molar refractivity (Wildman–Crippen MR) is 101 cm³/mol. The van der Waals surface area contributed by atoms with Crippen LogP contribution < -0.4 is 0 Å². The third-order valence-corrected chi connectivity index (χ3v) is 5.34. The van der Waals surface area contributed by atoms with Crippen LogP contribution in [0.5, 0.6) is 0 Å². The van der Waals surface area contributed by atoms with Crippen LogP contribution in [0.25, 0.3) is 0 Å². The van der Waals surface area contributed by atoms with E-state index in [2.05, 4.69) is 26.3 Å². The van der Waals surface area contributed by atoms with Crippen molar-refractivity contribution in [2.75, 3.05) is 13.2 Å². The number of aliphatic hydroxyl groups is 4. The van der Waals surface area contributed by atoms with Gasteiger partial charge >= 0.3 is 11.9 Å². The van der Waals surface area contributed by atoms with Crippen LogP contribution in [0.15, 0.2) is 49.1 Å². The smallest absolute Gasteiger partial charge is 0.336 e. The van der Waals surface area contributed by atoms with E-state index in [9.17, 15) is 30.0 Å². The highest BCUT2D eigenvalue weighted by molar-refractivity contribution is 5.89. The second kappa shape index (κ2) is 9.29. The lowest BCUT2D eigenvalue weighted by atomic mass is 9.58. The van der Waals surface area contributed by atoms with Crippen LogP contribution in [-0.4, -0.2) is 69.0 Å². The van der Waals surface area contributed by atoms with Gasteiger partial charge in [-0.25, -0.2) is 9.59 Å². The molecule has 0 spiro atoms. The zero-order valence-corrected chi connectivity index (χ0v) is 15.9. The Kier molecular flexibility index (Phi) is 7.89. The number of aliphatic carboxylic acids is 1. The molecule has 0 bridgehead atoms. The van der Waals surface area contributed by atoms with Crippen molar-refractivity contribution in [3.63, 3.8) is 0 Å². The van der Waals surface area contributed by atoms with Gasteiger partial charge in [-0.05, 0) is 17.4 Å². The molecule has 8 nitrogen and oxygen atoms in total. The van der Waals surface area contributed by atoms with E-state index in [0.29, 0.717) is 0 Å². The van der Waals surface area contributed by atoms with Crippen LogP contribution >= 0.6 is 0 Å². The van der Waals surface area contributed by atoms with Gasteiger partial charge in [-0.3, -0.25) is 0 Å². The minimum atomic E-state index is -1.53. The van der Waals surface area contributed by atoms with Gasteiger partial charge in [0.15, 0.2) is 0 Å². The van der Waals surface area contributed by atoms with Crippen LogP contribution in [0.3, 0.4) is 0 Å². The highest BCUT2D eigenvalue weighted by Gasteiger charge is 2.53. The summed E-state index contributed by atoms with van der Waals surface area (Å²) in [6.45, 7) is 14.9. The number of aliphatic hydroxyl groups excluding tert-OH is 4. The average molecular weight is 396 g/mol. The molecule has 0 aromatic carbocycles. The number of carboxylic acid groups (broad SMARTS) is 1. The monoisotopic (exact) mass is 396 g/mol. The van der Waals surface area contributed by atoms with E-state index in [1.807, 2.05) is 0 Å². The third-order valence-electron chi connectivity index (χ3n) is 5.34. The van der Waals surface area contributed by atoms with Crippen LogP contribution in [0.1, 0.15) is 13.3 Å². The van der Waals surface area contributed by atoms with E-state index in [0.717, 1.165) is 0 Å². The summed E-state index contributed by atoms with van der Waals surface area (Å²) in [7, 11) is 0. The van der Waals surface area contributed by atoms with Gasteiger partial charge in [-0.2, -0.15) is 0 Å². The fourth-order valence-corrected chi connectivity index (χ4v) is 3.67. The molecule has 156 valence electrons. The van der Waals surface area contributed by atoms with Gasteiger partial charge in [-0.15, -0.1) is 6.58 Å². The summed E-state index contributed by atoms with van der Waals surface area (Å²) >= 11 is 0. The molecule has 28 heavy (non-hydrogen) atoms. The van der Waals surface area contributed by atoms with E-state index in [1.165, 1.54) is 6.08 Å². The zero-order chi connectivity index (χ0) is 21.8. The third kappa shape index (κ3) is 4.59. The van der Waals surface area contributed by atoms with E-state index < -0.39 is 66.3 Å². The normalized spacial score (nSPS) is 30.8. The Bertz CT molecular complexity index is 682. The fraction of sp³-hybridized carbons (Fsp3) is 0.500. The SMILES string of the molecule is C=C[C@]1(C)C[C@H](OC(=O)C(=C)[C@H](O)CO)[C@H](C(=C)C(=O)O)[C@H](O)[C@H]1C(=C)CO. The van der Waals surface area contributed by atoms with Gasteiger partial charge in [0.25, 0.3) is 0 Å². The summed E-state index contributed by atoms with van der Waals surface area (Å²) < 4.78 is 5.36. The van der Waals surface area contributed by atoms with E-state index in [4.69, 9.17) is 9.84 Å². The second-order valence-electron chi connectivity index (χ2n) is 7.22. The van der Waals surface area contributed by atoms with Crippen molar-refractivity contribution in [2.45, 2.75) is 31.7 Å². The summed E-state index contributed by atoms with van der Waals surface area (Å²) in [5.41, 5.74) is -1.38. The minimum absolute atomic E-state index is 0.0580. The van der Waals surface area contributed by atoms with Crippen molar-refractivity contribution < 1.29 is 39.9 Å². The molecule has 1 aliphatic rings. The molecule has 0 saturated heterocycles. The summed E-state index contributed by atoms with van der Waals surface area (Å²) in [6, 6.07) is 0. The summed E-state index contributed by atoms with van der Waals surface area (Å²) in [6.07, 6.45) is -2.45. The molecule has 1 saturated carbocycles. The maximum Gasteiger partial charge on any atom is 0.336 e.